The molecule has 0 aliphatic heterocycles. The van der Waals surface area contributed by atoms with Gasteiger partial charge in [0.25, 0.3) is 0 Å². The molecule has 140 valence electrons. The Kier molecular flexibility index (Phi) is 4.93. The fourth-order valence-corrected chi connectivity index (χ4v) is 2.36. The van der Waals surface area contributed by atoms with Crippen LogP contribution >= 0.6 is 0 Å². The van der Waals surface area contributed by atoms with Crippen LogP contribution in [0.15, 0.2) is 48.5 Å². The van der Waals surface area contributed by atoms with E-state index in [9.17, 15) is 22.0 Å². The smallest absolute Gasteiger partial charge is 0.340 e. The lowest BCUT2D eigenvalue weighted by Gasteiger charge is -2.12. The lowest BCUT2D eigenvalue weighted by atomic mass is 10.2. The Bertz CT molecular complexity index is 952. The van der Waals surface area contributed by atoms with Crippen LogP contribution in [0.1, 0.15) is 11.4 Å². The zero-order valence-corrected chi connectivity index (χ0v) is 13.9. The molecule has 0 fully saturated rings. The van der Waals surface area contributed by atoms with Gasteiger partial charge in [0.15, 0.2) is 0 Å². The number of halogens is 5. The number of aryl methyl sites for hydroxylation is 1. The summed E-state index contributed by atoms with van der Waals surface area (Å²) in [4.78, 5) is 8.11. The van der Waals surface area contributed by atoms with E-state index in [0.29, 0.717) is 0 Å². The maximum atomic E-state index is 13.8. The Morgan fingerprint density at radius 3 is 2.04 bits per heavy atom. The highest BCUT2D eigenvalue weighted by atomic mass is 19.4. The van der Waals surface area contributed by atoms with Crippen LogP contribution in [0.2, 0.25) is 0 Å². The van der Waals surface area contributed by atoms with Gasteiger partial charge in [-0.2, -0.15) is 13.2 Å². The molecular weight excluding hydrogens is 367 g/mol. The first kappa shape index (κ1) is 18.6. The van der Waals surface area contributed by atoms with Crippen molar-refractivity contribution in [3.8, 4) is 0 Å². The third kappa shape index (κ3) is 4.49. The Hall–Kier alpha value is -3.23. The largest absolute Gasteiger partial charge is 0.416 e. The second kappa shape index (κ2) is 7.18. The summed E-state index contributed by atoms with van der Waals surface area (Å²) in [6.07, 6.45) is -4.48. The number of anilines is 4. The number of hydrogen-bond acceptors (Lipinski definition) is 4. The highest BCUT2D eigenvalue weighted by Crippen LogP contribution is 2.31. The van der Waals surface area contributed by atoms with Crippen molar-refractivity contribution < 1.29 is 22.0 Å². The van der Waals surface area contributed by atoms with E-state index in [1.54, 1.807) is 6.92 Å². The number of para-hydroxylation sites is 1. The van der Waals surface area contributed by atoms with Crippen molar-refractivity contribution in [1.29, 1.82) is 0 Å². The number of alkyl halides is 3. The van der Waals surface area contributed by atoms with Gasteiger partial charge in [-0.15, -0.1) is 0 Å². The summed E-state index contributed by atoms with van der Waals surface area (Å²) < 4.78 is 66.0. The van der Waals surface area contributed by atoms with Crippen LogP contribution in [0.4, 0.5) is 45.0 Å². The zero-order chi connectivity index (χ0) is 19.6. The lowest BCUT2D eigenvalue weighted by Crippen LogP contribution is -2.06. The molecule has 0 bridgehead atoms. The first-order valence-corrected chi connectivity index (χ1v) is 7.73. The molecule has 4 nitrogen and oxygen atoms in total. The Balaban J connectivity index is 1.88. The molecule has 0 saturated carbocycles. The standard InChI is InChI=1S/C18H13F5N4/c1-10-24-15(26-12-5-2-4-11(8-12)18(21,22)23)9-16(25-10)27-17-13(19)6-3-7-14(17)20/h2-9H,1H3,(H2,24,25,26,27). The van der Waals surface area contributed by atoms with E-state index in [4.69, 9.17) is 0 Å². The summed E-state index contributed by atoms with van der Waals surface area (Å²) in [6, 6.07) is 9.30. The topological polar surface area (TPSA) is 49.8 Å². The van der Waals surface area contributed by atoms with Gasteiger partial charge in [0.05, 0.1) is 5.56 Å². The summed E-state index contributed by atoms with van der Waals surface area (Å²) in [5, 5.41) is 5.26. The van der Waals surface area contributed by atoms with Gasteiger partial charge in [-0.25, -0.2) is 18.7 Å². The molecular formula is C18H13F5N4. The van der Waals surface area contributed by atoms with Crippen LogP contribution in [0, 0.1) is 18.6 Å². The van der Waals surface area contributed by atoms with Crippen LogP contribution in [-0.2, 0) is 6.18 Å². The number of hydrogen-bond donors (Lipinski definition) is 2. The highest BCUT2D eigenvalue weighted by Gasteiger charge is 2.30. The first-order chi connectivity index (χ1) is 12.7. The Morgan fingerprint density at radius 2 is 1.41 bits per heavy atom. The van der Waals surface area contributed by atoms with E-state index in [-0.39, 0.29) is 28.8 Å². The molecule has 1 heterocycles. The minimum Gasteiger partial charge on any atom is -0.340 e. The lowest BCUT2D eigenvalue weighted by molar-refractivity contribution is -0.137. The summed E-state index contributed by atoms with van der Waals surface area (Å²) >= 11 is 0. The second-order valence-electron chi connectivity index (χ2n) is 5.61. The fraction of sp³-hybridized carbons (Fsp3) is 0.111. The van der Waals surface area contributed by atoms with Crippen molar-refractivity contribution in [2.75, 3.05) is 10.6 Å². The van der Waals surface area contributed by atoms with Gasteiger partial charge >= 0.3 is 6.18 Å². The van der Waals surface area contributed by atoms with E-state index < -0.39 is 23.4 Å². The number of rotatable bonds is 4. The maximum absolute atomic E-state index is 13.8. The van der Waals surface area contributed by atoms with E-state index >= 15 is 0 Å². The van der Waals surface area contributed by atoms with E-state index in [1.807, 2.05) is 0 Å². The third-order valence-corrected chi connectivity index (χ3v) is 3.52. The molecule has 3 rings (SSSR count). The average Bonchev–Trinajstić information content (AvgIpc) is 2.57. The Morgan fingerprint density at radius 1 is 0.815 bits per heavy atom. The number of nitrogens with one attached hydrogen (secondary N) is 2. The van der Waals surface area contributed by atoms with Crippen LogP contribution in [-0.4, -0.2) is 9.97 Å². The third-order valence-electron chi connectivity index (χ3n) is 3.52. The minimum absolute atomic E-state index is 0.0842. The second-order valence-corrected chi connectivity index (χ2v) is 5.61. The molecule has 9 heteroatoms. The number of benzene rings is 2. The van der Waals surface area contributed by atoms with Gasteiger partial charge in [0.2, 0.25) is 0 Å². The van der Waals surface area contributed by atoms with E-state index in [0.717, 1.165) is 24.3 Å². The summed E-state index contributed by atoms with van der Waals surface area (Å²) in [5.41, 5.74) is -1.04. The monoisotopic (exact) mass is 380 g/mol. The zero-order valence-electron chi connectivity index (χ0n) is 13.9. The van der Waals surface area contributed by atoms with E-state index in [1.165, 1.54) is 24.3 Å². The normalized spacial score (nSPS) is 11.3. The van der Waals surface area contributed by atoms with Crippen LogP contribution in [0.25, 0.3) is 0 Å². The van der Waals surface area contributed by atoms with Gasteiger partial charge in [0, 0.05) is 11.8 Å². The van der Waals surface area contributed by atoms with Crippen molar-refractivity contribution in [3.05, 3.63) is 71.6 Å². The summed E-state index contributed by atoms with van der Waals surface area (Å²) in [7, 11) is 0. The predicted molar refractivity (Wildman–Crippen MR) is 91.1 cm³/mol. The molecule has 0 aliphatic rings. The summed E-state index contributed by atoms with van der Waals surface area (Å²) in [5.74, 6) is -1.11. The van der Waals surface area contributed by atoms with Gasteiger partial charge in [-0.05, 0) is 37.3 Å². The molecule has 0 spiro atoms. The van der Waals surface area contributed by atoms with Crippen molar-refractivity contribution in [3.63, 3.8) is 0 Å². The van der Waals surface area contributed by atoms with Gasteiger partial charge in [-0.3, -0.25) is 0 Å². The van der Waals surface area contributed by atoms with E-state index in [2.05, 4.69) is 20.6 Å². The van der Waals surface area contributed by atoms with Gasteiger partial charge in [0.1, 0.15) is 34.8 Å². The maximum Gasteiger partial charge on any atom is 0.416 e. The SMILES string of the molecule is Cc1nc(Nc2cccc(C(F)(F)F)c2)cc(Nc2c(F)cccc2F)n1. The molecule has 2 N–H and O–H groups in total. The number of nitrogens with zero attached hydrogens (tertiary/aromatic N) is 2. The molecule has 0 radical (unpaired) electrons. The van der Waals surface area contributed by atoms with Gasteiger partial charge in [-0.1, -0.05) is 12.1 Å². The first-order valence-electron chi connectivity index (χ1n) is 7.73. The molecule has 0 saturated heterocycles. The van der Waals surface area contributed by atoms with Crippen LogP contribution < -0.4 is 10.6 Å². The van der Waals surface area contributed by atoms with Crippen molar-refractivity contribution in [2.45, 2.75) is 13.1 Å². The molecule has 2 aromatic carbocycles. The van der Waals surface area contributed by atoms with Crippen molar-refractivity contribution >= 4 is 23.0 Å². The average molecular weight is 380 g/mol. The molecule has 0 atom stereocenters. The minimum atomic E-state index is -4.48. The predicted octanol–water partition coefficient (Wildman–Crippen LogP) is 5.57. The Labute approximate surface area is 151 Å². The number of aromatic nitrogens is 2. The molecule has 0 amide bonds. The van der Waals surface area contributed by atoms with Crippen LogP contribution in [0.3, 0.4) is 0 Å². The summed E-state index contributed by atoms with van der Waals surface area (Å²) in [6.45, 7) is 1.54. The van der Waals surface area contributed by atoms with Crippen molar-refractivity contribution in [1.82, 2.24) is 9.97 Å². The molecule has 0 aliphatic carbocycles. The quantitative estimate of drug-likeness (QED) is 0.581. The van der Waals surface area contributed by atoms with Gasteiger partial charge < -0.3 is 10.6 Å². The molecule has 27 heavy (non-hydrogen) atoms. The highest BCUT2D eigenvalue weighted by molar-refractivity contribution is 5.64. The van der Waals surface area contributed by atoms with Crippen LogP contribution in [0.5, 0.6) is 0 Å². The molecule has 1 aromatic heterocycles. The molecule has 0 unspecified atom stereocenters. The fourth-order valence-electron chi connectivity index (χ4n) is 2.36. The molecule has 3 aromatic rings. The van der Waals surface area contributed by atoms with Crippen molar-refractivity contribution in [2.24, 2.45) is 0 Å².